The van der Waals surface area contributed by atoms with Crippen LogP contribution in [-0.2, 0) is 14.3 Å². The average Bonchev–Trinajstić information content (AvgIpc) is 2.88. The van der Waals surface area contributed by atoms with Crippen molar-refractivity contribution in [2.75, 3.05) is 57.5 Å². The maximum Gasteiger partial charge on any atom is 0.265 e. The molecule has 1 saturated heterocycles. The summed E-state index contributed by atoms with van der Waals surface area (Å²) in [4.78, 5) is 41.8. The molecule has 0 radical (unpaired) electrons. The zero-order valence-corrected chi connectivity index (χ0v) is 19.5. The van der Waals surface area contributed by atoms with Crippen molar-refractivity contribution in [2.24, 2.45) is 0 Å². The number of hydrogen-bond acceptors (Lipinski definition) is 7. The summed E-state index contributed by atoms with van der Waals surface area (Å²) in [6.07, 6.45) is 0. The van der Waals surface area contributed by atoms with Crippen LogP contribution in [-0.4, -0.2) is 81.1 Å². The van der Waals surface area contributed by atoms with Crippen LogP contribution in [0.2, 0.25) is 0 Å². The highest BCUT2D eigenvalue weighted by atomic mass is 19.1. The first-order chi connectivity index (χ1) is 16.9. The third-order valence-electron chi connectivity index (χ3n) is 5.94. The van der Waals surface area contributed by atoms with Crippen molar-refractivity contribution in [2.45, 2.75) is 13.0 Å². The number of nitrogens with one attached hydrogen (secondary N) is 1. The van der Waals surface area contributed by atoms with Gasteiger partial charge in [0.25, 0.3) is 5.91 Å². The maximum absolute atomic E-state index is 13.1. The van der Waals surface area contributed by atoms with Gasteiger partial charge in [-0.3, -0.25) is 24.2 Å². The Kier molecular flexibility index (Phi) is 7.94. The van der Waals surface area contributed by atoms with E-state index >= 15 is 0 Å². The summed E-state index contributed by atoms with van der Waals surface area (Å²) in [6, 6.07) is 9.27. The van der Waals surface area contributed by atoms with Gasteiger partial charge in [-0.1, -0.05) is 0 Å². The molecule has 1 fully saturated rings. The molecule has 1 unspecified atom stereocenters. The van der Waals surface area contributed by atoms with Crippen LogP contribution < -0.4 is 19.7 Å². The number of nitrogens with zero attached hydrogens (tertiary/aromatic N) is 2. The van der Waals surface area contributed by atoms with Gasteiger partial charge in [0.1, 0.15) is 23.4 Å². The summed E-state index contributed by atoms with van der Waals surface area (Å²) in [7, 11) is 0. The molecule has 2 aromatic carbocycles. The molecule has 2 amide bonds. The minimum Gasteiger partial charge on any atom is -0.485 e. The number of carbonyl (C=O) groups excluding carboxylic acids is 3. The quantitative estimate of drug-likeness (QED) is 0.540. The summed E-state index contributed by atoms with van der Waals surface area (Å²) >= 11 is 0. The molecule has 2 aliphatic rings. The normalized spacial score (nSPS) is 16.7. The summed E-state index contributed by atoms with van der Waals surface area (Å²) in [5.41, 5.74) is 0.652. The molecule has 1 atom stereocenters. The number of carbonyl (C=O) groups is 3. The van der Waals surface area contributed by atoms with Gasteiger partial charge in [0, 0.05) is 31.7 Å². The second-order valence-corrected chi connectivity index (χ2v) is 8.32. The van der Waals surface area contributed by atoms with Gasteiger partial charge in [0.2, 0.25) is 5.91 Å². The van der Waals surface area contributed by atoms with E-state index in [0.717, 1.165) is 13.1 Å². The number of fused-ring (bicyclic) bond motifs is 1. The number of halogens is 1. The molecule has 0 bridgehead atoms. The fourth-order valence-corrected chi connectivity index (χ4v) is 3.96. The molecule has 186 valence electrons. The number of morpholine rings is 1. The lowest BCUT2D eigenvalue weighted by Crippen LogP contribution is -2.52. The van der Waals surface area contributed by atoms with Crippen molar-refractivity contribution in [1.29, 1.82) is 0 Å². The van der Waals surface area contributed by atoms with Gasteiger partial charge in [-0.2, -0.15) is 0 Å². The number of Topliss-reactive ketones (excluding diaryl/α,β-unsaturated/α-hetero) is 1. The SMILES string of the molecule is CC(C(=O)NCCN1CCOCC1)N1C(=O)COc2ccc(C(=O)COc3ccc(F)cc3)cc21. The van der Waals surface area contributed by atoms with Crippen molar-refractivity contribution in [3.05, 3.63) is 53.8 Å². The molecule has 35 heavy (non-hydrogen) atoms. The number of ether oxygens (including phenoxy) is 3. The zero-order valence-electron chi connectivity index (χ0n) is 19.5. The Morgan fingerprint density at radius 2 is 1.89 bits per heavy atom. The molecule has 9 nitrogen and oxygen atoms in total. The Balaban J connectivity index is 1.41. The standard InChI is InChI=1S/C25H28FN3O6/c1-17(25(32)27-8-9-28-10-12-33-13-11-28)29-21-14-18(2-7-23(21)35-16-24(29)31)22(30)15-34-20-5-3-19(26)4-6-20/h2-7,14,17H,8-13,15-16H2,1H3,(H,27,32). The number of hydrogen-bond donors (Lipinski definition) is 1. The monoisotopic (exact) mass is 485 g/mol. The molecule has 0 spiro atoms. The van der Waals surface area contributed by atoms with E-state index in [2.05, 4.69) is 10.2 Å². The van der Waals surface area contributed by atoms with Crippen molar-refractivity contribution in [3.8, 4) is 11.5 Å². The Hall–Kier alpha value is -3.50. The van der Waals surface area contributed by atoms with E-state index in [1.807, 2.05) is 0 Å². The molecule has 2 aliphatic heterocycles. The van der Waals surface area contributed by atoms with Crippen LogP contribution >= 0.6 is 0 Å². The smallest absolute Gasteiger partial charge is 0.265 e. The zero-order chi connectivity index (χ0) is 24.8. The predicted octanol–water partition coefficient (Wildman–Crippen LogP) is 1.65. The second-order valence-electron chi connectivity index (χ2n) is 8.32. The van der Waals surface area contributed by atoms with Gasteiger partial charge in [0.05, 0.1) is 18.9 Å². The van der Waals surface area contributed by atoms with E-state index in [1.165, 1.54) is 35.2 Å². The first-order valence-corrected chi connectivity index (χ1v) is 11.5. The van der Waals surface area contributed by atoms with Gasteiger partial charge in [-0.15, -0.1) is 0 Å². The highest BCUT2D eigenvalue weighted by Gasteiger charge is 2.33. The third-order valence-corrected chi connectivity index (χ3v) is 5.94. The van der Waals surface area contributed by atoms with E-state index in [0.29, 0.717) is 49.1 Å². The van der Waals surface area contributed by atoms with Gasteiger partial charge < -0.3 is 19.5 Å². The van der Waals surface area contributed by atoms with Crippen LogP contribution in [0.1, 0.15) is 17.3 Å². The Morgan fingerprint density at radius 1 is 1.14 bits per heavy atom. The van der Waals surface area contributed by atoms with Crippen molar-refractivity contribution >= 4 is 23.3 Å². The molecular weight excluding hydrogens is 457 g/mol. The minimum absolute atomic E-state index is 0.195. The first-order valence-electron chi connectivity index (χ1n) is 11.5. The van der Waals surface area contributed by atoms with E-state index in [4.69, 9.17) is 14.2 Å². The van der Waals surface area contributed by atoms with Crippen LogP contribution in [0.3, 0.4) is 0 Å². The van der Waals surface area contributed by atoms with Crippen LogP contribution in [0, 0.1) is 5.82 Å². The lowest BCUT2D eigenvalue weighted by Gasteiger charge is -2.34. The van der Waals surface area contributed by atoms with Crippen LogP contribution in [0.25, 0.3) is 0 Å². The van der Waals surface area contributed by atoms with Gasteiger partial charge >= 0.3 is 0 Å². The molecule has 2 heterocycles. The first kappa shape index (κ1) is 24.6. The number of rotatable bonds is 9. The largest absolute Gasteiger partial charge is 0.485 e. The molecule has 0 aliphatic carbocycles. The molecule has 1 N–H and O–H groups in total. The van der Waals surface area contributed by atoms with E-state index in [-0.39, 0.29) is 30.8 Å². The molecular formula is C25H28FN3O6. The Labute approximate surface area is 202 Å². The number of anilines is 1. The summed E-state index contributed by atoms with van der Waals surface area (Å²) in [6.45, 7) is 5.33. The van der Waals surface area contributed by atoms with Crippen LogP contribution in [0.15, 0.2) is 42.5 Å². The van der Waals surface area contributed by atoms with Gasteiger partial charge in [-0.25, -0.2) is 4.39 Å². The molecule has 0 saturated carbocycles. The molecule has 0 aromatic heterocycles. The topological polar surface area (TPSA) is 97.4 Å². The van der Waals surface area contributed by atoms with Crippen LogP contribution in [0.4, 0.5) is 10.1 Å². The van der Waals surface area contributed by atoms with E-state index < -0.39 is 11.9 Å². The molecule has 2 aromatic rings. The number of amides is 2. The van der Waals surface area contributed by atoms with Gasteiger partial charge in [0.15, 0.2) is 19.0 Å². The van der Waals surface area contributed by atoms with Crippen molar-refractivity contribution < 1.29 is 33.0 Å². The summed E-state index contributed by atoms with van der Waals surface area (Å²) < 4.78 is 29.3. The number of benzene rings is 2. The summed E-state index contributed by atoms with van der Waals surface area (Å²) in [5.74, 6) is -0.634. The summed E-state index contributed by atoms with van der Waals surface area (Å²) in [5, 5.41) is 2.89. The van der Waals surface area contributed by atoms with Crippen molar-refractivity contribution in [1.82, 2.24) is 10.2 Å². The highest BCUT2D eigenvalue weighted by molar-refractivity contribution is 6.05. The Bertz CT molecular complexity index is 1070. The van der Waals surface area contributed by atoms with Gasteiger partial charge in [-0.05, 0) is 49.4 Å². The predicted molar refractivity (Wildman–Crippen MR) is 125 cm³/mol. The third kappa shape index (κ3) is 6.14. The van der Waals surface area contributed by atoms with E-state index in [9.17, 15) is 18.8 Å². The lowest BCUT2D eigenvalue weighted by atomic mass is 10.1. The van der Waals surface area contributed by atoms with Crippen LogP contribution in [0.5, 0.6) is 11.5 Å². The fourth-order valence-electron chi connectivity index (χ4n) is 3.96. The highest BCUT2D eigenvalue weighted by Crippen LogP contribution is 2.34. The maximum atomic E-state index is 13.1. The fraction of sp³-hybridized carbons (Fsp3) is 0.400. The molecule has 10 heteroatoms. The average molecular weight is 486 g/mol. The molecule has 4 rings (SSSR count). The second kappa shape index (κ2) is 11.3. The van der Waals surface area contributed by atoms with Crippen molar-refractivity contribution in [3.63, 3.8) is 0 Å². The van der Waals surface area contributed by atoms with E-state index in [1.54, 1.807) is 19.1 Å². The lowest BCUT2D eigenvalue weighted by molar-refractivity contribution is -0.127. The Morgan fingerprint density at radius 3 is 2.63 bits per heavy atom. The minimum atomic E-state index is -0.796. The number of ketones is 1.